The van der Waals surface area contributed by atoms with Gasteiger partial charge in [0.1, 0.15) is 18.2 Å². The van der Waals surface area contributed by atoms with Gasteiger partial charge in [-0.2, -0.15) is 0 Å². The van der Waals surface area contributed by atoms with E-state index in [4.69, 9.17) is 10.5 Å². The Balaban J connectivity index is 1.90. The molecule has 0 aliphatic heterocycles. The number of nitrogens with two attached hydrogens (primary N) is 1. The highest BCUT2D eigenvalue weighted by atomic mass is 16.5. The maximum atomic E-state index is 6.22. The van der Waals surface area contributed by atoms with Crippen molar-refractivity contribution >= 4 is 5.82 Å². The van der Waals surface area contributed by atoms with Crippen molar-refractivity contribution < 1.29 is 4.74 Å². The molecule has 3 rings (SSSR count). The van der Waals surface area contributed by atoms with Crippen molar-refractivity contribution in [3.8, 4) is 5.88 Å². The zero-order chi connectivity index (χ0) is 14.7. The van der Waals surface area contributed by atoms with Crippen LogP contribution in [0.25, 0.3) is 0 Å². The van der Waals surface area contributed by atoms with Gasteiger partial charge in [-0.15, -0.1) is 0 Å². The minimum atomic E-state index is 0.0693. The summed E-state index contributed by atoms with van der Waals surface area (Å²) < 4.78 is 6.22. The number of ether oxygens (including phenoxy) is 1. The van der Waals surface area contributed by atoms with Crippen molar-refractivity contribution in [3.63, 3.8) is 0 Å². The van der Waals surface area contributed by atoms with E-state index in [9.17, 15) is 0 Å². The van der Waals surface area contributed by atoms with E-state index in [0.717, 1.165) is 37.7 Å². The average molecular weight is 283 g/mol. The van der Waals surface area contributed by atoms with E-state index >= 15 is 0 Å². The minimum absolute atomic E-state index is 0.0693. The highest BCUT2D eigenvalue weighted by Crippen LogP contribution is 2.34. The normalized spacial score (nSPS) is 17.3. The van der Waals surface area contributed by atoms with Gasteiger partial charge in [-0.25, -0.2) is 9.97 Å². The van der Waals surface area contributed by atoms with E-state index in [2.05, 4.69) is 41.2 Å². The first-order valence-corrected chi connectivity index (χ1v) is 7.63. The van der Waals surface area contributed by atoms with Crippen LogP contribution in [0.3, 0.4) is 0 Å². The fourth-order valence-corrected chi connectivity index (χ4v) is 2.96. The van der Waals surface area contributed by atoms with E-state index in [-0.39, 0.29) is 6.10 Å². The summed E-state index contributed by atoms with van der Waals surface area (Å²) in [6.07, 6.45) is 6.69. The Bertz CT molecular complexity index is 627. The molecule has 4 heteroatoms. The molecule has 0 radical (unpaired) electrons. The third-order valence-electron chi connectivity index (χ3n) is 4.01. The molecule has 110 valence electrons. The Morgan fingerprint density at radius 1 is 1.29 bits per heavy atom. The molecule has 0 amide bonds. The summed E-state index contributed by atoms with van der Waals surface area (Å²) in [4.78, 5) is 8.39. The Morgan fingerprint density at radius 3 is 3.00 bits per heavy atom. The lowest BCUT2D eigenvalue weighted by molar-refractivity contribution is 0.173. The molecule has 2 aromatic rings. The lowest BCUT2D eigenvalue weighted by Crippen LogP contribution is -2.17. The summed E-state index contributed by atoms with van der Waals surface area (Å²) in [5.74, 6) is 1.18. The monoisotopic (exact) mass is 283 g/mol. The van der Waals surface area contributed by atoms with Gasteiger partial charge in [0.25, 0.3) is 0 Å². The van der Waals surface area contributed by atoms with E-state index in [1.807, 2.05) is 0 Å². The van der Waals surface area contributed by atoms with Crippen LogP contribution in [-0.4, -0.2) is 9.97 Å². The van der Waals surface area contributed by atoms with Gasteiger partial charge in [-0.3, -0.25) is 0 Å². The molecule has 1 unspecified atom stereocenters. The van der Waals surface area contributed by atoms with Crippen LogP contribution < -0.4 is 10.5 Å². The van der Waals surface area contributed by atoms with Crippen LogP contribution in [0.5, 0.6) is 5.88 Å². The fraction of sp³-hybridized carbons (Fsp3) is 0.412. The van der Waals surface area contributed by atoms with Crippen molar-refractivity contribution in [2.45, 2.75) is 45.1 Å². The molecule has 1 aliphatic rings. The maximum absolute atomic E-state index is 6.22. The quantitative estimate of drug-likeness (QED) is 0.933. The smallest absolute Gasteiger partial charge is 0.222 e. The molecule has 0 fully saturated rings. The van der Waals surface area contributed by atoms with E-state index in [1.54, 1.807) is 0 Å². The second-order valence-electron chi connectivity index (χ2n) is 5.49. The van der Waals surface area contributed by atoms with Crippen molar-refractivity contribution in [2.24, 2.45) is 0 Å². The molecular weight excluding hydrogens is 262 g/mol. The Kier molecular flexibility index (Phi) is 4.04. The molecule has 2 N–H and O–H groups in total. The number of anilines is 1. The van der Waals surface area contributed by atoms with E-state index in [0.29, 0.717) is 11.7 Å². The van der Waals surface area contributed by atoms with Crippen LogP contribution in [0.15, 0.2) is 30.6 Å². The van der Waals surface area contributed by atoms with Gasteiger partial charge in [0, 0.05) is 0 Å². The van der Waals surface area contributed by atoms with Crippen LogP contribution >= 0.6 is 0 Å². The zero-order valence-corrected chi connectivity index (χ0v) is 12.4. The number of hydrogen-bond acceptors (Lipinski definition) is 4. The molecule has 1 aromatic carbocycles. The molecule has 0 saturated carbocycles. The van der Waals surface area contributed by atoms with Crippen molar-refractivity contribution in [1.29, 1.82) is 0 Å². The highest BCUT2D eigenvalue weighted by Gasteiger charge is 2.23. The van der Waals surface area contributed by atoms with E-state index < -0.39 is 0 Å². The summed E-state index contributed by atoms with van der Waals surface area (Å²) in [6, 6.07) is 8.50. The van der Waals surface area contributed by atoms with Gasteiger partial charge < -0.3 is 10.5 Å². The number of hydrogen-bond donors (Lipinski definition) is 1. The lowest BCUT2D eigenvalue weighted by atomic mass is 9.89. The first-order valence-electron chi connectivity index (χ1n) is 7.63. The minimum Gasteiger partial charge on any atom is -0.469 e. The van der Waals surface area contributed by atoms with Crippen molar-refractivity contribution in [2.75, 3.05) is 5.73 Å². The molecule has 1 heterocycles. The largest absolute Gasteiger partial charge is 0.469 e. The number of fused-ring (bicyclic) bond motifs is 1. The van der Waals surface area contributed by atoms with Gasteiger partial charge in [0.2, 0.25) is 5.88 Å². The molecule has 21 heavy (non-hydrogen) atoms. The number of rotatable bonds is 4. The number of aryl methyl sites for hydroxylation is 1. The van der Waals surface area contributed by atoms with Gasteiger partial charge >= 0.3 is 0 Å². The topological polar surface area (TPSA) is 61.0 Å². The molecule has 1 aliphatic carbocycles. The predicted molar refractivity (Wildman–Crippen MR) is 83.2 cm³/mol. The maximum Gasteiger partial charge on any atom is 0.222 e. The summed E-state index contributed by atoms with van der Waals surface area (Å²) in [7, 11) is 0. The highest BCUT2D eigenvalue weighted by molar-refractivity contribution is 5.45. The van der Waals surface area contributed by atoms with Gasteiger partial charge in [0.05, 0.1) is 5.56 Å². The number of aromatic nitrogens is 2. The first-order chi connectivity index (χ1) is 10.3. The predicted octanol–water partition coefficient (Wildman–Crippen LogP) is 3.47. The Morgan fingerprint density at radius 2 is 2.14 bits per heavy atom. The number of nitrogen functional groups attached to an aromatic ring is 1. The van der Waals surface area contributed by atoms with Gasteiger partial charge in [-0.05, 0) is 36.8 Å². The van der Waals surface area contributed by atoms with Gasteiger partial charge in [-0.1, -0.05) is 37.6 Å². The Labute approximate surface area is 125 Å². The second-order valence-corrected chi connectivity index (χ2v) is 5.49. The second kappa shape index (κ2) is 6.12. The fourth-order valence-electron chi connectivity index (χ4n) is 2.96. The standard InChI is InChI=1S/C17H21N3O/c1-2-6-14-16(18)19-11-20-17(14)21-15-10-5-8-12-7-3-4-9-13(12)15/h3-4,7,9,11,15H,2,5-6,8,10H2,1H3,(H2,18,19,20). The summed E-state index contributed by atoms with van der Waals surface area (Å²) >= 11 is 0. The molecule has 1 aromatic heterocycles. The van der Waals surface area contributed by atoms with Crippen molar-refractivity contribution in [3.05, 3.63) is 47.3 Å². The van der Waals surface area contributed by atoms with Crippen LogP contribution in [0.1, 0.15) is 49.0 Å². The van der Waals surface area contributed by atoms with Crippen LogP contribution in [-0.2, 0) is 12.8 Å². The Hall–Kier alpha value is -2.10. The zero-order valence-electron chi connectivity index (χ0n) is 12.4. The molecule has 1 atom stereocenters. The van der Waals surface area contributed by atoms with Crippen molar-refractivity contribution in [1.82, 2.24) is 9.97 Å². The lowest BCUT2D eigenvalue weighted by Gasteiger charge is -2.26. The van der Waals surface area contributed by atoms with Crippen LogP contribution in [0, 0.1) is 0 Å². The van der Waals surface area contributed by atoms with E-state index in [1.165, 1.54) is 17.5 Å². The molecule has 0 spiro atoms. The SMILES string of the molecule is CCCc1c(N)ncnc1OC1CCCc2ccccc21. The number of nitrogens with zero attached hydrogens (tertiary/aromatic N) is 2. The van der Waals surface area contributed by atoms with Crippen LogP contribution in [0.2, 0.25) is 0 Å². The molecule has 0 bridgehead atoms. The number of benzene rings is 1. The summed E-state index contributed by atoms with van der Waals surface area (Å²) in [6.45, 7) is 2.12. The summed E-state index contributed by atoms with van der Waals surface area (Å²) in [5.41, 5.74) is 9.57. The summed E-state index contributed by atoms with van der Waals surface area (Å²) in [5, 5.41) is 0. The molecule has 0 saturated heterocycles. The molecular formula is C17H21N3O. The van der Waals surface area contributed by atoms with Crippen LogP contribution in [0.4, 0.5) is 5.82 Å². The first kappa shape index (κ1) is 13.9. The average Bonchev–Trinajstić information content (AvgIpc) is 2.51. The third kappa shape index (κ3) is 2.84. The third-order valence-corrected chi connectivity index (χ3v) is 4.01. The molecule has 4 nitrogen and oxygen atoms in total. The van der Waals surface area contributed by atoms with Gasteiger partial charge in [0.15, 0.2) is 0 Å².